The van der Waals surface area contributed by atoms with Crippen LogP contribution in [0.4, 0.5) is 5.69 Å². The molecule has 0 radical (unpaired) electrons. The summed E-state index contributed by atoms with van der Waals surface area (Å²) in [5.41, 5.74) is 16.2. The largest absolute Gasteiger partial charge is 0.464 e. The van der Waals surface area contributed by atoms with Gasteiger partial charge in [0.05, 0.1) is 16.8 Å². The van der Waals surface area contributed by atoms with Crippen LogP contribution >= 0.6 is 11.3 Å². The normalized spacial score (nSPS) is 12.5. The molecular weight excluding hydrogens is 400 g/mol. The number of nitrogens with two attached hydrogens (primary N) is 2. The molecule has 1 unspecified atom stereocenters. The highest BCUT2D eigenvalue weighted by Gasteiger charge is 2.25. The van der Waals surface area contributed by atoms with Crippen molar-refractivity contribution in [1.82, 2.24) is 4.98 Å². The van der Waals surface area contributed by atoms with Gasteiger partial charge in [-0.15, -0.1) is 16.5 Å². The molecule has 4 rings (SSSR count). The molecule has 0 aliphatic carbocycles. The van der Waals surface area contributed by atoms with Gasteiger partial charge in [-0.2, -0.15) is 5.10 Å². The number of aromatic nitrogens is 1. The van der Waals surface area contributed by atoms with Gasteiger partial charge in [-0.1, -0.05) is 36.4 Å². The van der Waals surface area contributed by atoms with Gasteiger partial charge in [-0.05, 0) is 29.6 Å². The molecule has 0 bridgehead atoms. The van der Waals surface area contributed by atoms with Crippen LogP contribution < -0.4 is 16.3 Å². The van der Waals surface area contributed by atoms with Gasteiger partial charge in [-0.25, -0.2) is 10.5 Å². The summed E-state index contributed by atoms with van der Waals surface area (Å²) in [5, 5.41) is 8.99. The molecule has 1 aromatic carbocycles. The Morgan fingerprint density at radius 3 is 2.60 bits per heavy atom. The van der Waals surface area contributed by atoms with Gasteiger partial charge in [0.2, 0.25) is 11.7 Å². The summed E-state index contributed by atoms with van der Waals surface area (Å²) in [6.07, 6.45) is 0.720. The number of hydrogen-bond donors (Lipinski definition) is 3. The molecule has 9 heteroatoms. The van der Waals surface area contributed by atoms with Gasteiger partial charge >= 0.3 is 0 Å². The molecule has 5 N–H and O–H groups in total. The third kappa shape index (κ3) is 3.78. The van der Waals surface area contributed by atoms with Crippen LogP contribution in [0.3, 0.4) is 0 Å². The molecule has 0 fully saturated rings. The first-order valence-corrected chi connectivity index (χ1v) is 9.84. The van der Waals surface area contributed by atoms with Crippen molar-refractivity contribution in [3.63, 3.8) is 0 Å². The van der Waals surface area contributed by atoms with Gasteiger partial charge in [-0.3, -0.25) is 0 Å². The monoisotopic (exact) mass is 418 g/mol. The van der Waals surface area contributed by atoms with E-state index in [0.29, 0.717) is 28.3 Å². The van der Waals surface area contributed by atoms with E-state index in [4.69, 9.17) is 26.3 Å². The Morgan fingerprint density at radius 1 is 1.13 bits per heavy atom. The average molecular weight is 418 g/mol. The van der Waals surface area contributed by atoms with Crippen molar-refractivity contribution in [2.24, 2.45) is 16.1 Å². The van der Waals surface area contributed by atoms with E-state index in [2.05, 4.69) is 15.2 Å². The number of benzene rings is 1. The molecule has 0 aliphatic heterocycles. The number of hydrazone groups is 1. The Kier molecular flexibility index (Phi) is 5.53. The molecule has 0 spiro atoms. The lowest BCUT2D eigenvalue weighted by Gasteiger charge is -2.20. The fourth-order valence-corrected chi connectivity index (χ4v) is 3.66. The van der Waals surface area contributed by atoms with Gasteiger partial charge in [0, 0.05) is 11.1 Å². The van der Waals surface area contributed by atoms with Crippen molar-refractivity contribution in [1.29, 1.82) is 5.53 Å². The number of anilines is 1. The minimum atomic E-state index is -0.855. The van der Waals surface area contributed by atoms with Crippen LogP contribution in [0.1, 0.15) is 11.7 Å². The minimum Gasteiger partial charge on any atom is -0.464 e. The Bertz CT molecular complexity index is 1160. The Morgan fingerprint density at radius 2 is 1.97 bits per heavy atom. The molecular formula is C21H18N6O2S. The van der Waals surface area contributed by atoms with Gasteiger partial charge in [0.25, 0.3) is 0 Å². The summed E-state index contributed by atoms with van der Waals surface area (Å²) < 4.78 is 11.7. The standard InChI is InChI=1S/C21H18N6O2S/c22-18-14(16-8-4-10-28-16)12-15(17-9-5-11-30-17)25-21(18)29-19(20(26-23)27-24)13-6-2-1-3-7-13/h1-12,19,23H,22,24H2. The number of nitrogens with one attached hydrogen (secondary N) is 1. The van der Waals surface area contributed by atoms with E-state index in [0.717, 1.165) is 4.88 Å². The minimum absolute atomic E-state index is 0.0107. The van der Waals surface area contributed by atoms with Gasteiger partial charge in [0.1, 0.15) is 11.4 Å². The molecule has 3 aromatic heterocycles. The molecule has 30 heavy (non-hydrogen) atoms. The highest BCUT2D eigenvalue weighted by Crippen LogP contribution is 2.39. The van der Waals surface area contributed by atoms with Crippen molar-refractivity contribution in [2.75, 3.05) is 5.73 Å². The fourth-order valence-electron chi connectivity index (χ4n) is 2.97. The predicted octanol–water partition coefficient (Wildman–Crippen LogP) is 5.08. The number of hydrogen-bond acceptors (Lipinski definition) is 8. The molecule has 4 aromatic rings. The van der Waals surface area contributed by atoms with Crippen LogP contribution in [0.5, 0.6) is 5.88 Å². The van der Waals surface area contributed by atoms with Crippen LogP contribution in [0.25, 0.3) is 21.9 Å². The SMILES string of the molecule is N=NC(=NN)C(Oc1nc(-c2cccs2)cc(-c2ccco2)c1N)c1ccccc1. The number of amidine groups is 1. The quantitative estimate of drug-likeness (QED) is 0.132. The maximum Gasteiger partial charge on any atom is 0.239 e. The van der Waals surface area contributed by atoms with Gasteiger partial charge < -0.3 is 20.7 Å². The maximum absolute atomic E-state index is 7.44. The van der Waals surface area contributed by atoms with Crippen molar-refractivity contribution in [2.45, 2.75) is 6.10 Å². The zero-order valence-corrected chi connectivity index (χ0v) is 16.5. The van der Waals surface area contributed by atoms with Crippen molar-refractivity contribution >= 4 is 22.9 Å². The Balaban J connectivity index is 1.85. The second-order valence-corrected chi connectivity index (χ2v) is 7.18. The van der Waals surface area contributed by atoms with E-state index in [1.165, 1.54) is 0 Å². The summed E-state index contributed by atoms with van der Waals surface area (Å²) in [7, 11) is 0. The lowest BCUT2D eigenvalue weighted by atomic mass is 10.1. The zero-order chi connectivity index (χ0) is 20.9. The smallest absolute Gasteiger partial charge is 0.239 e. The van der Waals surface area contributed by atoms with E-state index < -0.39 is 6.10 Å². The van der Waals surface area contributed by atoms with E-state index >= 15 is 0 Å². The third-order valence-electron chi connectivity index (χ3n) is 4.40. The van der Waals surface area contributed by atoms with E-state index in [9.17, 15) is 0 Å². The molecule has 0 amide bonds. The van der Waals surface area contributed by atoms with E-state index in [1.807, 2.05) is 60.0 Å². The molecule has 1 atom stereocenters. The number of thiophene rings is 1. The number of pyridine rings is 1. The molecule has 0 aliphatic rings. The summed E-state index contributed by atoms with van der Waals surface area (Å²) in [6.45, 7) is 0. The van der Waals surface area contributed by atoms with Crippen LogP contribution in [0.2, 0.25) is 0 Å². The number of ether oxygens (including phenoxy) is 1. The zero-order valence-electron chi connectivity index (χ0n) is 15.7. The van der Waals surface area contributed by atoms with Crippen LogP contribution in [-0.2, 0) is 0 Å². The summed E-state index contributed by atoms with van der Waals surface area (Å²) in [4.78, 5) is 5.57. The van der Waals surface area contributed by atoms with Crippen LogP contribution in [0, 0.1) is 5.53 Å². The molecule has 0 saturated carbocycles. The molecule has 150 valence electrons. The highest BCUT2D eigenvalue weighted by atomic mass is 32.1. The first-order chi connectivity index (χ1) is 14.7. The molecule has 8 nitrogen and oxygen atoms in total. The van der Waals surface area contributed by atoms with Gasteiger partial charge in [0.15, 0.2) is 6.10 Å². The lowest BCUT2D eigenvalue weighted by molar-refractivity contribution is 0.262. The Hall–Kier alpha value is -3.98. The lowest BCUT2D eigenvalue weighted by Crippen LogP contribution is -2.20. The first-order valence-electron chi connectivity index (χ1n) is 8.96. The van der Waals surface area contributed by atoms with Crippen molar-refractivity contribution in [3.05, 3.63) is 77.9 Å². The molecule has 0 saturated heterocycles. The summed E-state index contributed by atoms with van der Waals surface area (Å²) >= 11 is 1.55. The van der Waals surface area contributed by atoms with E-state index in [1.54, 1.807) is 23.7 Å². The summed E-state index contributed by atoms with van der Waals surface area (Å²) in [6, 6.07) is 18.6. The Labute approximate surface area is 176 Å². The number of nitrogen functional groups attached to an aromatic ring is 1. The first kappa shape index (κ1) is 19.3. The number of furan rings is 1. The second-order valence-electron chi connectivity index (χ2n) is 6.24. The predicted molar refractivity (Wildman–Crippen MR) is 116 cm³/mol. The van der Waals surface area contributed by atoms with E-state index in [-0.39, 0.29) is 11.7 Å². The van der Waals surface area contributed by atoms with Crippen molar-refractivity contribution < 1.29 is 9.15 Å². The fraction of sp³-hybridized carbons (Fsp3) is 0.0476. The number of nitrogens with zero attached hydrogens (tertiary/aromatic N) is 3. The van der Waals surface area contributed by atoms with Crippen molar-refractivity contribution in [3.8, 4) is 27.8 Å². The second kappa shape index (κ2) is 8.58. The van der Waals surface area contributed by atoms with Crippen LogP contribution in [-0.4, -0.2) is 10.8 Å². The number of rotatable bonds is 6. The summed E-state index contributed by atoms with van der Waals surface area (Å²) in [5.74, 6) is 6.21. The topological polar surface area (TPSA) is 136 Å². The third-order valence-corrected chi connectivity index (χ3v) is 5.29. The maximum atomic E-state index is 7.44. The highest BCUT2D eigenvalue weighted by molar-refractivity contribution is 7.13. The van der Waals surface area contributed by atoms with Crippen LogP contribution in [0.15, 0.2) is 86.9 Å². The molecule has 3 heterocycles. The average Bonchev–Trinajstić information content (AvgIpc) is 3.50.